The van der Waals surface area contributed by atoms with Gasteiger partial charge in [0.2, 0.25) is 10.0 Å². The summed E-state index contributed by atoms with van der Waals surface area (Å²) in [6.07, 6.45) is 1.94. The van der Waals surface area contributed by atoms with E-state index < -0.39 is 28.1 Å². The van der Waals surface area contributed by atoms with Gasteiger partial charge in [-0.1, -0.05) is 41.4 Å². The van der Waals surface area contributed by atoms with Gasteiger partial charge in [0, 0.05) is 36.2 Å². The number of hydrogen-bond donors (Lipinski definition) is 0. The van der Waals surface area contributed by atoms with Crippen LogP contribution < -0.4 is 14.2 Å². The third-order valence-electron chi connectivity index (χ3n) is 8.58. The SMILES string of the molecule is COc1ccc(CC[C@@H](OC(=O)[C@@H]2CCCCN2S(=O)(=O)c2cc(Cl)cc(Cl)c2)c2cccc(OCCN3CCOCC3)c2)cc1OC. The molecular weight excluding hydrogens is 679 g/mol. The molecule has 260 valence electrons. The Balaban J connectivity index is 1.37. The molecule has 2 aliphatic rings. The van der Waals surface area contributed by atoms with Crippen molar-refractivity contribution in [1.29, 1.82) is 0 Å². The second-order valence-corrected chi connectivity index (χ2v) is 14.5. The quantitative estimate of drug-likeness (QED) is 0.181. The van der Waals surface area contributed by atoms with Crippen molar-refractivity contribution in [3.8, 4) is 17.2 Å². The number of nitrogens with zero attached hydrogens (tertiary/aromatic N) is 2. The summed E-state index contributed by atoms with van der Waals surface area (Å²) in [6.45, 7) is 4.63. The van der Waals surface area contributed by atoms with Gasteiger partial charge < -0.3 is 23.7 Å². The van der Waals surface area contributed by atoms with E-state index in [0.717, 1.165) is 44.0 Å². The maximum absolute atomic E-state index is 14.0. The van der Waals surface area contributed by atoms with E-state index in [4.69, 9.17) is 46.9 Å². The number of methoxy groups -OCH3 is 2. The molecule has 0 saturated carbocycles. The molecular formula is C35H42Cl2N2O8S. The lowest BCUT2D eigenvalue weighted by molar-refractivity contribution is -0.155. The Morgan fingerprint density at radius 2 is 1.69 bits per heavy atom. The Morgan fingerprint density at radius 3 is 2.42 bits per heavy atom. The van der Waals surface area contributed by atoms with Crippen LogP contribution in [0, 0.1) is 0 Å². The van der Waals surface area contributed by atoms with Crippen LogP contribution in [0.15, 0.2) is 65.6 Å². The van der Waals surface area contributed by atoms with Gasteiger partial charge in [-0.15, -0.1) is 0 Å². The van der Waals surface area contributed by atoms with Crippen LogP contribution >= 0.6 is 23.2 Å². The molecule has 2 atom stereocenters. The van der Waals surface area contributed by atoms with Crippen molar-refractivity contribution in [3.63, 3.8) is 0 Å². The van der Waals surface area contributed by atoms with E-state index in [-0.39, 0.29) is 21.5 Å². The maximum atomic E-state index is 14.0. The van der Waals surface area contributed by atoms with Gasteiger partial charge in [-0.25, -0.2) is 8.42 Å². The molecule has 0 aliphatic carbocycles. The zero-order valence-electron chi connectivity index (χ0n) is 27.2. The van der Waals surface area contributed by atoms with Crippen molar-refractivity contribution >= 4 is 39.2 Å². The lowest BCUT2D eigenvalue weighted by Gasteiger charge is -2.34. The molecule has 2 fully saturated rings. The molecule has 0 unspecified atom stereocenters. The first-order valence-corrected chi connectivity index (χ1v) is 18.3. The lowest BCUT2D eigenvalue weighted by Crippen LogP contribution is -2.48. The van der Waals surface area contributed by atoms with Crippen LogP contribution in [0.25, 0.3) is 0 Å². The van der Waals surface area contributed by atoms with Crippen LogP contribution in [0.4, 0.5) is 0 Å². The standard InChI is InChI=1S/C35H42Cl2N2O8S/c1-43-33-12-10-25(20-34(33)44-2)9-11-32(26-6-5-7-29(21-26)46-19-16-38-14-17-45-18-15-38)47-35(40)31-8-3-4-13-39(31)48(41,42)30-23-27(36)22-28(37)24-30/h5-7,10,12,20-24,31-32H,3-4,8-9,11,13-19H2,1-2H3/t31-,32+/m0/s1. The molecule has 0 aromatic heterocycles. The Bertz CT molecular complexity index is 1630. The van der Waals surface area contributed by atoms with E-state index in [2.05, 4.69) is 4.90 Å². The van der Waals surface area contributed by atoms with Crippen molar-refractivity contribution < 1.29 is 36.9 Å². The summed E-state index contributed by atoms with van der Waals surface area (Å²) in [7, 11) is -0.928. The number of morpholine rings is 1. The van der Waals surface area contributed by atoms with Crippen molar-refractivity contribution in [2.75, 3.05) is 60.2 Å². The van der Waals surface area contributed by atoms with Crippen LogP contribution in [0.3, 0.4) is 0 Å². The fraction of sp³-hybridized carbons (Fsp3) is 0.457. The molecule has 0 amide bonds. The molecule has 2 heterocycles. The summed E-state index contributed by atoms with van der Waals surface area (Å²) in [6, 6.07) is 16.4. The molecule has 0 radical (unpaired) electrons. The number of halogens is 2. The molecule has 0 bridgehead atoms. The van der Waals surface area contributed by atoms with Crippen molar-refractivity contribution in [1.82, 2.24) is 9.21 Å². The van der Waals surface area contributed by atoms with Gasteiger partial charge >= 0.3 is 5.97 Å². The predicted octanol–water partition coefficient (Wildman–Crippen LogP) is 6.18. The van der Waals surface area contributed by atoms with Crippen molar-refractivity contribution in [2.45, 2.75) is 49.1 Å². The van der Waals surface area contributed by atoms with E-state index in [0.29, 0.717) is 56.0 Å². The summed E-state index contributed by atoms with van der Waals surface area (Å²) >= 11 is 12.3. The molecule has 5 rings (SSSR count). The number of ether oxygens (including phenoxy) is 5. The summed E-state index contributed by atoms with van der Waals surface area (Å²) in [5.41, 5.74) is 1.71. The third kappa shape index (κ3) is 9.34. The van der Waals surface area contributed by atoms with Crippen LogP contribution in [-0.2, 0) is 30.7 Å². The zero-order chi connectivity index (χ0) is 34.1. The normalized spacial score (nSPS) is 18.2. The number of aryl methyl sites for hydroxylation is 1. The molecule has 3 aromatic carbocycles. The minimum atomic E-state index is -4.09. The van der Waals surface area contributed by atoms with Gasteiger partial charge in [-0.05, 0) is 85.7 Å². The van der Waals surface area contributed by atoms with Crippen molar-refractivity contribution in [3.05, 3.63) is 81.8 Å². The first-order valence-electron chi connectivity index (χ1n) is 16.1. The average molecular weight is 722 g/mol. The topological polar surface area (TPSA) is 104 Å². The molecule has 0 N–H and O–H groups in total. The van der Waals surface area contributed by atoms with Gasteiger partial charge in [-0.2, -0.15) is 4.31 Å². The fourth-order valence-electron chi connectivity index (χ4n) is 6.01. The number of sulfonamides is 1. The van der Waals surface area contributed by atoms with Gasteiger partial charge in [0.05, 0.1) is 32.3 Å². The highest BCUT2D eigenvalue weighted by atomic mass is 35.5. The monoisotopic (exact) mass is 720 g/mol. The van der Waals surface area contributed by atoms with Crippen LogP contribution in [-0.4, -0.2) is 89.9 Å². The predicted molar refractivity (Wildman–Crippen MR) is 184 cm³/mol. The summed E-state index contributed by atoms with van der Waals surface area (Å²) in [4.78, 5) is 16.2. The third-order valence-corrected chi connectivity index (χ3v) is 10.9. The molecule has 3 aromatic rings. The molecule has 10 nitrogen and oxygen atoms in total. The van der Waals surface area contributed by atoms with Crippen LogP contribution in [0.1, 0.15) is 42.9 Å². The van der Waals surface area contributed by atoms with E-state index in [1.165, 1.54) is 22.5 Å². The number of piperidine rings is 1. The van der Waals surface area contributed by atoms with Gasteiger partial charge in [0.1, 0.15) is 24.5 Å². The smallest absolute Gasteiger partial charge is 0.325 e. The minimum absolute atomic E-state index is 0.0633. The number of benzene rings is 3. The maximum Gasteiger partial charge on any atom is 0.325 e. The highest BCUT2D eigenvalue weighted by Crippen LogP contribution is 2.34. The van der Waals surface area contributed by atoms with E-state index in [9.17, 15) is 13.2 Å². The number of esters is 1. The van der Waals surface area contributed by atoms with Crippen LogP contribution in [0.2, 0.25) is 10.0 Å². The first kappa shape index (κ1) is 36.2. The van der Waals surface area contributed by atoms with Gasteiger partial charge in [0.15, 0.2) is 11.5 Å². The molecule has 2 aliphatic heterocycles. The van der Waals surface area contributed by atoms with Crippen molar-refractivity contribution in [2.24, 2.45) is 0 Å². The Kier molecular flexibility index (Phi) is 12.9. The fourth-order valence-corrected chi connectivity index (χ4v) is 8.38. The number of carbonyl (C=O) groups is 1. The first-order chi connectivity index (χ1) is 23.2. The van der Waals surface area contributed by atoms with Crippen LogP contribution in [0.5, 0.6) is 17.2 Å². The Labute approximate surface area is 292 Å². The van der Waals surface area contributed by atoms with E-state index >= 15 is 0 Å². The number of carbonyl (C=O) groups excluding carboxylic acids is 1. The molecule has 13 heteroatoms. The second kappa shape index (κ2) is 17.0. The highest BCUT2D eigenvalue weighted by Gasteiger charge is 2.40. The van der Waals surface area contributed by atoms with E-state index in [1.54, 1.807) is 14.2 Å². The van der Waals surface area contributed by atoms with Gasteiger partial charge in [0.25, 0.3) is 0 Å². The Morgan fingerprint density at radius 1 is 0.938 bits per heavy atom. The zero-order valence-corrected chi connectivity index (χ0v) is 29.6. The molecule has 2 saturated heterocycles. The van der Waals surface area contributed by atoms with E-state index in [1.807, 2.05) is 42.5 Å². The lowest BCUT2D eigenvalue weighted by atomic mass is 10.00. The summed E-state index contributed by atoms with van der Waals surface area (Å²) in [5, 5.41) is 0.388. The highest BCUT2D eigenvalue weighted by molar-refractivity contribution is 7.89. The minimum Gasteiger partial charge on any atom is -0.493 e. The summed E-state index contributed by atoms with van der Waals surface area (Å²) < 4.78 is 57.5. The molecule has 48 heavy (non-hydrogen) atoms. The molecule has 0 spiro atoms. The Hall–Kier alpha value is -3.06. The average Bonchev–Trinajstić information content (AvgIpc) is 3.10. The van der Waals surface area contributed by atoms with Gasteiger partial charge in [-0.3, -0.25) is 9.69 Å². The number of rotatable bonds is 14. The largest absolute Gasteiger partial charge is 0.493 e. The second-order valence-electron chi connectivity index (χ2n) is 11.8. The summed E-state index contributed by atoms with van der Waals surface area (Å²) in [5.74, 6) is 1.27. The number of hydrogen-bond acceptors (Lipinski definition) is 9.